The van der Waals surface area contributed by atoms with Crippen LogP contribution in [0, 0.1) is 0 Å². The number of ether oxygens (including phenoxy) is 1. The van der Waals surface area contributed by atoms with Crippen LogP contribution >= 0.6 is 11.6 Å². The Hall–Kier alpha value is -1.22. The van der Waals surface area contributed by atoms with Crippen LogP contribution in [0.15, 0.2) is 24.3 Å². The van der Waals surface area contributed by atoms with Crippen molar-refractivity contribution in [3.8, 4) is 5.75 Å². The summed E-state index contributed by atoms with van der Waals surface area (Å²) in [7, 11) is 3.49. The summed E-state index contributed by atoms with van der Waals surface area (Å²) in [5.41, 5.74) is 0.820. The van der Waals surface area contributed by atoms with Crippen molar-refractivity contribution in [1.82, 2.24) is 4.90 Å². The lowest BCUT2D eigenvalue weighted by Gasteiger charge is -2.32. The molecular formula is C16H22ClNO2. The summed E-state index contributed by atoms with van der Waals surface area (Å²) in [5.74, 6) is 0.759. The maximum atomic E-state index is 12.5. The summed E-state index contributed by atoms with van der Waals surface area (Å²) in [5, 5.41) is -0.618. The Morgan fingerprint density at radius 1 is 1.25 bits per heavy atom. The Kier molecular flexibility index (Phi) is 5.30. The van der Waals surface area contributed by atoms with E-state index in [9.17, 15) is 4.79 Å². The highest BCUT2D eigenvalue weighted by molar-refractivity contribution is 6.30. The smallest absolute Gasteiger partial charge is 0.245 e. The molecule has 1 saturated carbocycles. The summed E-state index contributed by atoms with van der Waals surface area (Å²) in [4.78, 5) is 14.3. The first kappa shape index (κ1) is 15.2. The summed E-state index contributed by atoms with van der Waals surface area (Å²) in [6.07, 6.45) is 5.87. The van der Waals surface area contributed by atoms with E-state index < -0.39 is 5.38 Å². The molecule has 2 rings (SSSR count). The highest BCUT2D eigenvalue weighted by Crippen LogP contribution is 2.28. The number of benzene rings is 1. The van der Waals surface area contributed by atoms with E-state index >= 15 is 0 Å². The van der Waals surface area contributed by atoms with Gasteiger partial charge in [-0.15, -0.1) is 11.6 Å². The first-order valence-electron chi connectivity index (χ1n) is 7.18. The molecule has 0 spiro atoms. The standard InChI is InChI=1S/C16H22ClNO2/c1-18(13-6-4-3-5-7-13)16(19)15(17)12-8-10-14(20-2)11-9-12/h8-11,13,15H,3-7H2,1-2H3. The number of nitrogens with zero attached hydrogens (tertiary/aromatic N) is 1. The summed E-state index contributed by atoms with van der Waals surface area (Å²) >= 11 is 6.33. The molecule has 1 aromatic rings. The summed E-state index contributed by atoms with van der Waals surface area (Å²) in [6, 6.07) is 7.71. The van der Waals surface area contributed by atoms with Crippen molar-refractivity contribution in [2.75, 3.05) is 14.2 Å². The number of hydrogen-bond acceptors (Lipinski definition) is 2. The molecular weight excluding hydrogens is 274 g/mol. The molecule has 1 aliphatic carbocycles. The van der Waals surface area contributed by atoms with E-state index in [1.807, 2.05) is 36.2 Å². The number of rotatable bonds is 4. The molecule has 1 aliphatic rings. The normalized spacial score (nSPS) is 17.6. The Bertz CT molecular complexity index is 440. The van der Waals surface area contributed by atoms with Gasteiger partial charge in [-0.25, -0.2) is 0 Å². The first-order chi connectivity index (χ1) is 9.63. The minimum Gasteiger partial charge on any atom is -0.497 e. The zero-order chi connectivity index (χ0) is 14.5. The van der Waals surface area contributed by atoms with Crippen LogP contribution in [0.5, 0.6) is 5.75 Å². The van der Waals surface area contributed by atoms with E-state index in [4.69, 9.17) is 16.3 Å². The van der Waals surface area contributed by atoms with E-state index in [0.29, 0.717) is 6.04 Å². The van der Waals surface area contributed by atoms with Crippen LogP contribution in [0.2, 0.25) is 0 Å². The van der Waals surface area contributed by atoms with Crippen molar-refractivity contribution in [3.05, 3.63) is 29.8 Å². The molecule has 0 bridgehead atoms. The zero-order valence-corrected chi connectivity index (χ0v) is 12.9. The van der Waals surface area contributed by atoms with Gasteiger partial charge in [-0.1, -0.05) is 31.4 Å². The lowest BCUT2D eigenvalue weighted by molar-refractivity contribution is -0.132. The number of alkyl halides is 1. The molecule has 0 aromatic heterocycles. The molecule has 20 heavy (non-hydrogen) atoms. The van der Waals surface area contributed by atoms with Gasteiger partial charge in [-0.3, -0.25) is 4.79 Å². The van der Waals surface area contributed by atoms with E-state index in [1.54, 1.807) is 7.11 Å². The number of hydrogen-bond donors (Lipinski definition) is 0. The molecule has 1 atom stereocenters. The first-order valence-corrected chi connectivity index (χ1v) is 7.62. The fourth-order valence-corrected chi connectivity index (χ4v) is 3.04. The summed E-state index contributed by atoms with van der Waals surface area (Å²) in [6.45, 7) is 0. The van der Waals surface area contributed by atoms with Gasteiger partial charge in [0.2, 0.25) is 5.91 Å². The Balaban J connectivity index is 2.02. The van der Waals surface area contributed by atoms with Gasteiger partial charge in [0.15, 0.2) is 0 Å². The van der Waals surface area contributed by atoms with Crippen molar-refractivity contribution in [2.24, 2.45) is 0 Å². The van der Waals surface area contributed by atoms with Crippen molar-refractivity contribution in [3.63, 3.8) is 0 Å². The van der Waals surface area contributed by atoms with E-state index in [1.165, 1.54) is 19.3 Å². The number of carbonyl (C=O) groups excluding carboxylic acids is 1. The van der Waals surface area contributed by atoms with Gasteiger partial charge >= 0.3 is 0 Å². The molecule has 110 valence electrons. The lowest BCUT2D eigenvalue weighted by Crippen LogP contribution is -2.39. The van der Waals surface area contributed by atoms with Gasteiger partial charge in [0, 0.05) is 13.1 Å². The molecule has 0 saturated heterocycles. The highest BCUT2D eigenvalue weighted by atomic mass is 35.5. The van der Waals surface area contributed by atoms with Crippen molar-refractivity contribution in [1.29, 1.82) is 0 Å². The molecule has 1 aromatic carbocycles. The minimum atomic E-state index is -0.618. The number of amides is 1. The maximum Gasteiger partial charge on any atom is 0.245 e. The average molecular weight is 296 g/mol. The second kappa shape index (κ2) is 6.98. The molecule has 0 radical (unpaired) electrons. The molecule has 1 fully saturated rings. The van der Waals surface area contributed by atoms with Crippen LogP contribution in [0.25, 0.3) is 0 Å². The van der Waals surface area contributed by atoms with Crippen molar-refractivity contribution >= 4 is 17.5 Å². The lowest BCUT2D eigenvalue weighted by atomic mass is 9.94. The molecule has 0 N–H and O–H groups in total. The number of methoxy groups -OCH3 is 1. The third-order valence-electron chi connectivity index (χ3n) is 4.10. The van der Waals surface area contributed by atoms with Crippen LogP contribution in [0.3, 0.4) is 0 Å². The third-order valence-corrected chi connectivity index (χ3v) is 4.53. The van der Waals surface area contributed by atoms with Crippen molar-refractivity contribution in [2.45, 2.75) is 43.5 Å². The van der Waals surface area contributed by atoms with Gasteiger partial charge in [0.25, 0.3) is 0 Å². The average Bonchev–Trinajstić information content (AvgIpc) is 2.53. The van der Waals surface area contributed by atoms with Crippen LogP contribution in [-0.4, -0.2) is 31.0 Å². The molecule has 3 nitrogen and oxygen atoms in total. The fourth-order valence-electron chi connectivity index (χ4n) is 2.74. The van der Waals surface area contributed by atoms with Gasteiger partial charge < -0.3 is 9.64 Å². The Morgan fingerprint density at radius 3 is 2.40 bits per heavy atom. The van der Waals surface area contributed by atoms with Crippen molar-refractivity contribution < 1.29 is 9.53 Å². The predicted molar refractivity (Wildman–Crippen MR) is 81.2 cm³/mol. The number of carbonyl (C=O) groups is 1. The van der Waals surface area contributed by atoms with Gasteiger partial charge in [0.1, 0.15) is 11.1 Å². The van der Waals surface area contributed by atoms with Gasteiger partial charge in [-0.2, -0.15) is 0 Å². The van der Waals surface area contributed by atoms with Gasteiger partial charge in [-0.05, 0) is 30.5 Å². The Morgan fingerprint density at radius 2 is 1.85 bits per heavy atom. The quantitative estimate of drug-likeness (QED) is 0.792. The Labute approximate surface area is 125 Å². The minimum absolute atomic E-state index is 0.0104. The second-order valence-electron chi connectivity index (χ2n) is 5.38. The van der Waals surface area contributed by atoms with Crippen LogP contribution in [-0.2, 0) is 4.79 Å². The molecule has 0 heterocycles. The fraction of sp³-hybridized carbons (Fsp3) is 0.562. The summed E-state index contributed by atoms with van der Waals surface area (Å²) < 4.78 is 5.11. The largest absolute Gasteiger partial charge is 0.497 e. The van der Waals surface area contributed by atoms with E-state index in [2.05, 4.69) is 0 Å². The monoisotopic (exact) mass is 295 g/mol. The third kappa shape index (κ3) is 3.45. The molecule has 4 heteroatoms. The number of halogens is 1. The van der Waals surface area contributed by atoms with Crippen LogP contribution in [0.4, 0.5) is 0 Å². The maximum absolute atomic E-state index is 12.5. The van der Waals surface area contributed by atoms with Crippen LogP contribution < -0.4 is 4.74 Å². The zero-order valence-electron chi connectivity index (χ0n) is 12.1. The van der Waals surface area contributed by atoms with E-state index in [-0.39, 0.29) is 5.91 Å². The van der Waals surface area contributed by atoms with Gasteiger partial charge in [0.05, 0.1) is 7.11 Å². The van der Waals surface area contributed by atoms with Crippen LogP contribution in [0.1, 0.15) is 43.0 Å². The number of likely N-dealkylation sites (N-methyl/N-ethyl adjacent to an activating group) is 1. The highest BCUT2D eigenvalue weighted by Gasteiger charge is 2.27. The predicted octanol–water partition coefficient (Wildman–Crippen LogP) is 3.77. The molecule has 0 aliphatic heterocycles. The topological polar surface area (TPSA) is 29.5 Å². The second-order valence-corrected chi connectivity index (χ2v) is 5.81. The SMILES string of the molecule is COc1ccc(C(Cl)C(=O)N(C)C2CCCCC2)cc1. The van der Waals surface area contributed by atoms with E-state index in [0.717, 1.165) is 24.2 Å². The molecule has 1 amide bonds. The molecule has 1 unspecified atom stereocenters.